The summed E-state index contributed by atoms with van der Waals surface area (Å²) in [5.74, 6) is -0.00608. The summed E-state index contributed by atoms with van der Waals surface area (Å²) >= 11 is 0. The molecular weight excluding hydrogens is 308 g/mol. The van der Waals surface area contributed by atoms with Crippen molar-refractivity contribution >= 4 is 12.0 Å². The van der Waals surface area contributed by atoms with E-state index >= 15 is 0 Å². The largest absolute Gasteiger partial charge is 0.490 e. The molecule has 1 aromatic carbocycles. The predicted molar refractivity (Wildman–Crippen MR) is 91.1 cm³/mol. The summed E-state index contributed by atoms with van der Waals surface area (Å²) in [5, 5.41) is 11.4. The zero-order valence-electron chi connectivity index (χ0n) is 14.5. The summed E-state index contributed by atoms with van der Waals surface area (Å²) in [6, 6.07) is 9.61. The highest BCUT2D eigenvalue weighted by Crippen LogP contribution is 2.45. The van der Waals surface area contributed by atoms with Crippen LogP contribution in [-0.4, -0.2) is 47.7 Å². The van der Waals surface area contributed by atoms with E-state index in [4.69, 9.17) is 9.84 Å². The molecule has 1 fully saturated rings. The van der Waals surface area contributed by atoms with E-state index in [-0.39, 0.29) is 30.0 Å². The maximum atomic E-state index is 12.2. The van der Waals surface area contributed by atoms with Gasteiger partial charge < -0.3 is 20.1 Å². The molecule has 0 aromatic heterocycles. The highest BCUT2D eigenvalue weighted by Gasteiger charge is 2.52. The molecule has 1 aliphatic rings. The number of nitrogens with one attached hydrogen (secondary N) is 1. The van der Waals surface area contributed by atoms with E-state index in [1.165, 1.54) is 0 Å². The van der Waals surface area contributed by atoms with Gasteiger partial charge in [0.15, 0.2) is 0 Å². The lowest BCUT2D eigenvalue weighted by Gasteiger charge is -2.54. The molecule has 6 nitrogen and oxygen atoms in total. The zero-order chi connectivity index (χ0) is 17.7. The Labute approximate surface area is 142 Å². The standard InChI is InChI=1S/C18H26N2O4/c1-18(2)14(12-15(18)24-13-8-5-4-6-9-13)20(3)17(23)19-11-7-10-16(21)22/h4-6,8-9,14-15H,7,10-12H2,1-3H3,(H,19,23)(H,21,22). The van der Waals surface area contributed by atoms with Crippen LogP contribution in [0.25, 0.3) is 0 Å². The van der Waals surface area contributed by atoms with Crippen LogP contribution in [0.3, 0.4) is 0 Å². The molecule has 1 aliphatic carbocycles. The quantitative estimate of drug-likeness (QED) is 0.752. The zero-order valence-corrected chi connectivity index (χ0v) is 14.5. The Morgan fingerprint density at radius 3 is 2.58 bits per heavy atom. The fourth-order valence-corrected chi connectivity index (χ4v) is 3.09. The third-order valence-electron chi connectivity index (χ3n) is 4.78. The molecule has 24 heavy (non-hydrogen) atoms. The van der Waals surface area contributed by atoms with E-state index in [1.54, 1.807) is 11.9 Å². The highest BCUT2D eigenvalue weighted by atomic mass is 16.5. The Kier molecular flexibility index (Phi) is 5.70. The summed E-state index contributed by atoms with van der Waals surface area (Å²) in [6.07, 6.45) is 1.34. The molecule has 2 N–H and O–H groups in total. The van der Waals surface area contributed by atoms with Gasteiger partial charge in [-0.1, -0.05) is 32.0 Å². The van der Waals surface area contributed by atoms with E-state index in [1.807, 2.05) is 30.3 Å². The molecular formula is C18H26N2O4. The van der Waals surface area contributed by atoms with Crippen molar-refractivity contribution in [2.45, 2.75) is 45.3 Å². The van der Waals surface area contributed by atoms with Crippen molar-refractivity contribution in [3.8, 4) is 5.75 Å². The Balaban J connectivity index is 1.82. The maximum absolute atomic E-state index is 12.2. The predicted octanol–water partition coefficient (Wildman–Crippen LogP) is 2.74. The number of rotatable bonds is 7. The number of hydrogen-bond acceptors (Lipinski definition) is 3. The SMILES string of the molecule is CN(C(=O)NCCCC(=O)O)C1CC(Oc2ccccc2)C1(C)C. The molecule has 132 valence electrons. The number of urea groups is 1. The van der Waals surface area contributed by atoms with Crippen LogP contribution in [-0.2, 0) is 4.79 Å². The second-order valence-electron chi connectivity index (χ2n) is 6.83. The first-order valence-electron chi connectivity index (χ1n) is 8.26. The van der Waals surface area contributed by atoms with Crippen LogP contribution >= 0.6 is 0 Å². The topological polar surface area (TPSA) is 78.9 Å². The number of benzene rings is 1. The van der Waals surface area contributed by atoms with Gasteiger partial charge in [-0.15, -0.1) is 0 Å². The molecule has 2 atom stereocenters. The molecule has 6 heteroatoms. The van der Waals surface area contributed by atoms with Gasteiger partial charge >= 0.3 is 12.0 Å². The Morgan fingerprint density at radius 2 is 2.00 bits per heavy atom. The fourth-order valence-electron chi connectivity index (χ4n) is 3.09. The molecule has 1 aromatic rings. The number of carboxylic acid groups (broad SMARTS) is 1. The lowest BCUT2D eigenvalue weighted by Crippen LogP contribution is -2.64. The summed E-state index contributed by atoms with van der Waals surface area (Å²) in [5.41, 5.74) is -0.150. The van der Waals surface area contributed by atoms with Gasteiger partial charge in [-0.05, 0) is 18.6 Å². The lowest BCUT2D eigenvalue weighted by molar-refractivity contribution is -0.137. The first kappa shape index (κ1) is 18.1. The van der Waals surface area contributed by atoms with Crippen molar-refractivity contribution in [1.82, 2.24) is 10.2 Å². The van der Waals surface area contributed by atoms with Crippen LogP contribution in [0.2, 0.25) is 0 Å². The first-order valence-corrected chi connectivity index (χ1v) is 8.26. The monoisotopic (exact) mass is 334 g/mol. The molecule has 2 amide bonds. The third kappa shape index (κ3) is 4.19. The molecule has 0 spiro atoms. The fraction of sp³-hybridized carbons (Fsp3) is 0.556. The normalized spacial score (nSPS) is 21.5. The van der Waals surface area contributed by atoms with Crippen LogP contribution in [0.5, 0.6) is 5.75 Å². The average Bonchev–Trinajstić information content (AvgIpc) is 2.55. The molecule has 0 bridgehead atoms. The molecule has 2 rings (SSSR count). The number of ether oxygens (including phenoxy) is 1. The smallest absolute Gasteiger partial charge is 0.317 e. The molecule has 0 aliphatic heterocycles. The van der Waals surface area contributed by atoms with Crippen LogP contribution in [0, 0.1) is 5.41 Å². The summed E-state index contributed by atoms with van der Waals surface area (Å²) in [4.78, 5) is 24.4. The Bertz CT molecular complexity index is 574. The maximum Gasteiger partial charge on any atom is 0.317 e. The van der Waals surface area contributed by atoms with Crippen molar-refractivity contribution in [3.63, 3.8) is 0 Å². The summed E-state index contributed by atoms with van der Waals surface area (Å²) in [7, 11) is 1.78. The van der Waals surface area contributed by atoms with Gasteiger partial charge in [-0.25, -0.2) is 4.79 Å². The van der Waals surface area contributed by atoms with E-state index < -0.39 is 5.97 Å². The van der Waals surface area contributed by atoms with Crippen molar-refractivity contribution in [2.75, 3.05) is 13.6 Å². The minimum Gasteiger partial charge on any atom is -0.490 e. The summed E-state index contributed by atoms with van der Waals surface area (Å²) < 4.78 is 6.03. The number of nitrogens with zero attached hydrogens (tertiary/aromatic N) is 1. The van der Waals surface area contributed by atoms with Gasteiger partial charge in [0.25, 0.3) is 0 Å². The van der Waals surface area contributed by atoms with Gasteiger partial charge in [0, 0.05) is 37.9 Å². The van der Waals surface area contributed by atoms with E-state index in [0.29, 0.717) is 13.0 Å². The first-order chi connectivity index (χ1) is 11.3. The van der Waals surface area contributed by atoms with Gasteiger partial charge in [0.05, 0.1) is 0 Å². The van der Waals surface area contributed by atoms with Gasteiger partial charge in [0.2, 0.25) is 0 Å². The van der Waals surface area contributed by atoms with Gasteiger partial charge in [-0.2, -0.15) is 0 Å². The Hall–Kier alpha value is -2.24. The van der Waals surface area contributed by atoms with E-state index in [2.05, 4.69) is 19.2 Å². The van der Waals surface area contributed by atoms with Crippen molar-refractivity contribution in [3.05, 3.63) is 30.3 Å². The van der Waals surface area contributed by atoms with Crippen molar-refractivity contribution in [2.24, 2.45) is 5.41 Å². The number of hydrogen-bond donors (Lipinski definition) is 2. The molecule has 2 unspecified atom stereocenters. The molecule has 1 saturated carbocycles. The summed E-state index contributed by atoms with van der Waals surface area (Å²) in [6.45, 7) is 4.57. The molecule has 0 saturated heterocycles. The van der Waals surface area contributed by atoms with Crippen LogP contribution < -0.4 is 10.1 Å². The minimum absolute atomic E-state index is 0.0614. The van der Waals surface area contributed by atoms with E-state index in [0.717, 1.165) is 12.2 Å². The number of amides is 2. The highest BCUT2D eigenvalue weighted by molar-refractivity contribution is 5.74. The number of carbonyl (C=O) groups is 2. The number of aliphatic carboxylic acids is 1. The number of carbonyl (C=O) groups excluding carboxylic acids is 1. The second kappa shape index (κ2) is 7.55. The number of para-hydroxylation sites is 1. The van der Waals surface area contributed by atoms with Gasteiger partial charge in [0.1, 0.15) is 11.9 Å². The average molecular weight is 334 g/mol. The number of carboxylic acids is 1. The van der Waals surface area contributed by atoms with E-state index in [9.17, 15) is 9.59 Å². The molecule has 0 radical (unpaired) electrons. The van der Waals surface area contributed by atoms with Crippen LogP contribution in [0.4, 0.5) is 4.79 Å². The lowest BCUT2D eigenvalue weighted by atomic mass is 9.64. The van der Waals surface area contributed by atoms with Crippen molar-refractivity contribution in [1.29, 1.82) is 0 Å². The molecule has 0 heterocycles. The minimum atomic E-state index is -0.848. The second-order valence-corrected chi connectivity index (χ2v) is 6.83. The third-order valence-corrected chi connectivity index (χ3v) is 4.78. The van der Waals surface area contributed by atoms with Crippen molar-refractivity contribution < 1.29 is 19.4 Å². The van der Waals surface area contributed by atoms with Gasteiger partial charge in [-0.3, -0.25) is 4.79 Å². The van der Waals surface area contributed by atoms with Crippen LogP contribution in [0.1, 0.15) is 33.1 Å². The van der Waals surface area contributed by atoms with Crippen LogP contribution in [0.15, 0.2) is 30.3 Å². The Morgan fingerprint density at radius 1 is 1.33 bits per heavy atom.